The summed E-state index contributed by atoms with van der Waals surface area (Å²) in [5.41, 5.74) is -1.92. The molecule has 0 radical (unpaired) electrons. The van der Waals surface area contributed by atoms with Crippen LogP contribution in [0.5, 0.6) is 5.75 Å². The number of carbonyl (C=O) groups excluding carboxylic acids is 3. The molecule has 0 saturated heterocycles. The minimum atomic E-state index is -2.56. The van der Waals surface area contributed by atoms with Crippen molar-refractivity contribution < 1.29 is 34.8 Å². The van der Waals surface area contributed by atoms with Crippen molar-refractivity contribution >= 4 is 23.1 Å². The summed E-state index contributed by atoms with van der Waals surface area (Å²) in [6.07, 6.45) is 5.94. The van der Waals surface area contributed by atoms with Crippen molar-refractivity contribution in [3.8, 4) is 17.6 Å². The number of benzene rings is 1. The highest BCUT2D eigenvalue weighted by Crippen LogP contribution is 2.53. The number of aliphatic hydroxyl groups is 3. The number of aromatic hydroxyl groups is 1. The van der Waals surface area contributed by atoms with Gasteiger partial charge in [-0.25, -0.2) is 0 Å². The van der Waals surface area contributed by atoms with Gasteiger partial charge in [0.25, 0.3) is 0 Å². The Balaban J connectivity index is 1.65. The molecule has 0 amide bonds. The molecule has 0 spiro atoms. The molecule has 2 saturated carbocycles. The maximum absolute atomic E-state index is 13.9. The molecule has 2 fully saturated rings. The Labute approximate surface area is 221 Å². The molecular formula is C30H33NO7. The Hall–Kier alpha value is -3.41. The van der Waals surface area contributed by atoms with Crippen LogP contribution < -0.4 is 0 Å². The molecule has 0 bridgehead atoms. The van der Waals surface area contributed by atoms with Crippen LogP contribution in [-0.4, -0.2) is 68.4 Å². The largest absolute Gasteiger partial charge is 0.508 e. The Kier molecular flexibility index (Phi) is 6.49. The first-order valence-electron chi connectivity index (χ1n) is 13.2. The molecule has 38 heavy (non-hydrogen) atoms. The summed E-state index contributed by atoms with van der Waals surface area (Å²) in [5.74, 6) is 1.23. The Morgan fingerprint density at radius 3 is 2.39 bits per heavy atom. The zero-order valence-corrected chi connectivity index (χ0v) is 21.9. The van der Waals surface area contributed by atoms with Crippen molar-refractivity contribution in [1.29, 1.82) is 0 Å². The molecule has 0 aliphatic heterocycles. The lowest BCUT2D eigenvalue weighted by Crippen LogP contribution is -2.65. The van der Waals surface area contributed by atoms with Gasteiger partial charge in [-0.2, -0.15) is 0 Å². The third-order valence-corrected chi connectivity index (χ3v) is 8.73. The maximum Gasteiger partial charge on any atom is 0.202 e. The summed E-state index contributed by atoms with van der Waals surface area (Å²) in [7, 11) is 3.23. The number of Topliss-reactive ketones (excluding diaryl/α,β-unsaturated/α-hetero) is 3. The second-order valence-corrected chi connectivity index (χ2v) is 11.2. The summed E-state index contributed by atoms with van der Waals surface area (Å²) in [5, 5.41) is 44.7. The average molecular weight is 520 g/mol. The average Bonchev–Trinajstić information content (AvgIpc) is 2.86. The van der Waals surface area contributed by atoms with Gasteiger partial charge in [0.2, 0.25) is 5.78 Å². The number of aliphatic hydroxyl groups excluding tert-OH is 2. The fraction of sp³-hybridized carbons (Fsp3) is 0.500. The van der Waals surface area contributed by atoms with Gasteiger partial charge >= 0.3 is 0 Å². The van der Waals surface area contributed by atoms with Crippen LogP contribution in [-0.2, 0) is 20.8 Å². The van der Waals surface area contributed by atoms with Crippen LogP contribution >= 0.6 is 0 Å². The first-order valence-corrected chi connectivity index (χ1v) is 13.2. The molecule has 5 rings (SSSR count). The molecule has 4 N–H and O–H groups in total. The number of hydrogen-bond donors (Lipinski definition) is 4. The lowest BCUT2D eigenvalue weighted by Gasteiger charge is -2.50. The van der Waals surface area contributed by atoms with E-state index in [0.717, 1.165) is 32.6 Å². The predicted octanol–water partition coefficient (Wildman–Crippen LogP) is 3.00. The monoisotopic (exact) mass is 519 g/mol. The van der Waals surface area contributed by atoms with Crippen molar-refractivity contribution in [2.75, 3.05) is 14.1 Å². The summed E-state index contributed by atoms with van der Waals surface area (Å²) in [6.45, 7) is 1.09. The summed E-state index contributed by atoms with van der Waals surface area (Å²) >= 11 is 0. The van der Waals surface area contributed by atoms with Gasteiger partial charge in [-0.05, 0) is 70.3 Å². The van der Waals surface area contributed by atoms with Gasteiger partial charge in [-0.15, -0.1) is 0 Å². The van der Waals surface area contributed by atoms with Crippen LogP contribution in [0.3, 0.4) is 0 Å². The van der Waals surface area contributed by atoms with E-state index >= 15 is 0 Å². The number of hydrogen-bond acceptors (Lipinski definition) is 8. The fourth-order valence-electron chi connectivity index (χ4n) is 6.89. The standard InChI is InChI=1S/C30H33NO7/c1-15(32)22-27(35)25(31(2)3)20-14-18-13-19-17(10-9-16-7-5-4-6-8-16)11-12-21(33)24(19)26(34)23(18)29(37)30(20,38)28(22)36/h11-12,16,18,20,25,33-34,36,38H,4-8,13-14H2,1-3H3/t18-,20-,25-,30+/m0/s1. The van der Waals surface area contributed by atoms with E-state index in [9.17, 15) is 34.8 Å². The van der Waals surface area contributed by atoms with Crippen molar-refractivity contribution in [1.82, 2.24) is 4.90 Å². The van der Waals surface area contributed by atoms with Gasteiger partial charge in [0, 0.05) is 23.0 Å². The molecule has 0 heterocycles. The third-order valence-electron chi connectivity index (χ3n) is 8.73. The van der Waals surface area contributed by atoms with Crippen LogP contribution in [0.25, 0.3) is 5.76 Å². The normalized spacial score (nSPS) is 29.4. The minimum Gasteiger partial charge on any atom is -0.508 e. The van der Waals surface area contributed by atoms with Gasteiger partial charge in [-0.1, -0.05) is 31.1 Å². The van der Waals surface area contributed by atoms with E-state index in [1.165, 1.54) is 12.5 Å². The first kappa shape index (κ1) is 26.2. The fourth-order valence-corrected chi connectivity index (χ4v) is 6.89. The van der Waals surface area contributed by atoms with Crippen molar-refractivity contribution in [2.24, 2.45) is 17.8 Å². The second-order valence-electron chi connectivity index (χ2n) is 11.2. The van der Waals surface area contributed by atoms with Crippen LogP contribution in [0.15, 0.2) is 29.0 Å². The van der Waals surface area contributed by atoms with E-state index in [-0.39, 0.29) is 29.7 Å². The van der Waals surface area contributed by atoms with Crippen molar-refractivity contribution in [3.05, 3.63) is 45.7 Å². The van der Waals surface area contributed by atoms with Gasteiger partial charge in [0.15, 0.2) is 17.2 Å². The van der Waals surface area contributed by atoms with Crippen molar-refractivity contribution in [3.63, 3.8) is 0 Å². The molecule has 4 atom stereocenters. The van der Waals surface area contributed by atoms with Crippen molar-refractivity contribution in [2.45, 2.75) is 63.5 Å². The summed E-state index contributed by atoms with van der Waals surface area (Å²) < 4.78 is 0. The Bertz CT molecular complexity index is 1370. The molecule has 0 unspecified atom stereocenters. The molecular weight excluding hydrogens is 486 g/mol. The zero-order chi connectivity index (χ0) is 27.5. The lowest BCUT2D eigenvalue weighted by molar-refractivity contribution is -0.153. The Morgan fingerprint density at radius 1 is 1.08 bits per heavy atom. The number of carbonyl (C=O) groups is 3. The smallest absolute Gasteiger partial charge is 0.202 e. The van der Waals surface area contributed by atoms with E-state index in [2.05, 4.69) is 11.8 Å². The minimum absolute atomic E-state index is 0.0911. The second kappa shape index (κ2) is 9.40. The number of fused-ring (bicyclic) bond motifs is 3. The molecule has 8 heteroatoms. The maximum atomic E-state index is 13.9. The molecule has 0 aromatic heterocycles. The molecule has 1 aromatic carbocycles. The molecule has 4 aliphatic rings. The van der Waals surface area contributed by atoms with Gasteiger partial charge in [0.1, 0.15) is 22.8 Å². The molecule has 1 aromatic rings. The highest BCUT2D eigenvalue weighted by Gasteiger charge is 2.64. The number of ketones is 3. The first-order chi connectivity index (χ1) is 18.0. The van der Waals surface area contributed by atoms with Crippen LogP contribution in [0.2, 0.25) is 0 Å². The van der Waals surface area contributed by atoms with Gasteiger partial charge in [-0.3, -0.25) is 19.3 Å². The van der Waals surface area contributed by atoms with E-state index < -0.39 is 57.9 Å². The third kappa shape index (κ3) is 3.79. The predicted molar refractivity (Wildman–Crippen MR) is 139 cm³/mol. The SMILES string of the molecule is CC(=O)C1=C(O)[C@@]2(O)C(=O)C3=C(O)c4c(O)ccc(C#CC5CCCCC5)c4C[C@H]3C[C@H]2[C@H](N(C)C)C1=O. The highest BCUT2D eigenvalue weighted by molar-refractivity contribution is 6.25. The zero-order valence-electron chi connectivity index (χ0n) is 21.9. The van der Waals surface area contributed by atoms with Crippen LogP contribution in [0.4, 0.5) is 0 Å². The number of nitrogens with zero attached hydrogens (tertiary/aromatic N) is 1. The number of likely N-dealkylation sites (N-methyl/N-ethyl adjacent to an activating group) is 1. The van der Waals surface area contributed by atoms with E-state index in [4.69, 9.17) is 0 Å². The summed E-state index contributed by atoms with van der Waals surface area (Å²) in [6, 6.07) is 2.11. The number of phenols is 1. The van der Waals surface area contributed by atoms with Gasteiger partial charge in [0.05, 0.1) is 11.6 Å². The Morgan fingerprint density at radius 2 is 1.76 bits per heavy atom. The highest BCUT2D eigenvalue weighted by atomic mass is 16.3. The van der Waals surface area contributed by atoms with E-state index in [1.807, 2.05) is 0 Å². The van der Waals surface area contributed by atoms with E-state index in [0.29, 0.717) is 17.0 Å². The van der Waals surface area contributed by atoms with Crippen LogP contribution in [0, 0.1) is 29.6 Å². The quantitative estimate of drug-likeness (QED) is 0.346. The topological polar surface area (TPSA) is 135 Å². The molecule has 200 valence electrons. The molecule has 4 aliphatic carbocycles. The van der Waals surface area contributed by atoms with E-state index in [1.54, 1.807) is 25.1 Å². The summed E-state index contributed by atoms with van der Waals surface area (Å²) in [4.78, 5) is 41.0. The van der Waals surface area contributed by atoms with Gasteiger partial charge < -0.3 is 20.4 Å². The lowest BCUT2D eigenvalue weighted by atomic mass is 9.57. The number of phenolic OH excluding ortho intramolecular Hbond substituents is 1. The number of rotatable bonds is 2. The molecule has 8 nitrogen and oxygen atoms in total. The van der Waals surface area contributed by atoms with Crippen LogP contribution in [0.1, 0.15) is 62.1 Å².